The van der Waals surface area contributed by atoms with Gasteiger partial charge in [0.2, 0.25) is 5.91 Å². The van der Waals surface area contributed by atoms with E-state index in [2.05, 4.69) is 5.32 Å². The fourth-order valence-electron chi connectivity index (χ4n) is 3.90. The maximum atomic E-state index is 13.9. The average Bonchev–Trinajstić information content (AvgIpc) is 3.20. The summed E-state index contributed by atoms with van der Waals surface area (Å²) in [6.45, 7) is 2.91. The minimum atomic E-state index is -0.391. The first kappa shape index (κ1) is 18.2. The predicted octanol–water partition coefficient (Wildman–Crippen LogP) is 3.68. The minimum absolute atomic E-state index is 0.0375. The zero-order valence-electron chi connectivity index (χ0n) is 16.0. The van der Waals surface area contributed by atoms with Crippen LogP contribution in [-0.4, -0.2) is 22.9 Å². The average molecular weight is 379 g/mol. The van der Waals surface area contributed by atoms with E-state index in [0.29, 0.717) is 36.3 Å². The molecule has 1 aliphatic heterocycles. The third-order valence-corrected chi connectivity index (χ3v) is 5.23. The van der Waals surface area contributed by atoms with E-state index in [9.17, 15) is 14.0 Å². The molecule has 0 unspecified atom stereocenters. The van der Waals surface area contributed by atoms with Gasteiger partial charge in [-0.3, -0.25) is 9.59 Å². The second kappa shape index (κ2) is 7.11. The molecule has 144 valence electrons. The Kier molecular flexibility index (Phi) is 4.63. The van der Waals surface area contributed by atoms with Crippen molar-refractivity contribution in [3.8, 4) is 0 Å². The van der Waals surface area contributed by atoms with Gasteiger partial charge in [-0.05, 0) is 37.1 Å². The van der Waals surface area contributed by atoms with Crippen LogP contribution >= 0.6 is 0 Å². The standard InChI is InChI=1S/C22H22FN3O2/c1-14-5-3-6-15(11-14)13-24-22(28)21-20(26-10-4-7-19(26)27)17-12-16(23)8-9-18(17)25(21)2/h3,5-6,8-9,11-12H,4,7,10,13H2,1-2H3,(H,24,28). The summed E-state index contributed by atoms with van der Waals surface area (Å²) in [7, 11) is 1.77. The van der Waals surface area contributed by atoms with E-state index < -0.39 is 5.82 Å². The number of carbonyl (C=O) groups is 2. The molecule has 0 bridgehead atoms. The maximum absolute atomic E-state index is 13.9. The Morgan fingerprint density at radius 1 is 1.21 bits per heavy atom. The van der Waals surface area contributed by atoms with Crippen LogP contribution in [0.5, 0.6) is 0 Å². The number of fused-ring (bicyclic) bond motifs is 1. The Hall–Kier alpha value is -3.15. The van der Waals surface area contributed by atoms with E-state index in [4.69, 9.17) is 0 Å². The van der Waals surface area contributed by atoms with Gasteiger partial charge in [0, 0.05) is 31.9 Å². The molecule has 0 atom stereocenters. The largest absolute Gasteiger partial charge is 0.347 e. The molecule has 1 aromatic heterocycles. The summed E-state index contributed by atoms with van der Waals surface area (Å²) in [4.78, 5) is 27.1. The highest BCUT2D eigenvalue weighted by Gasteiger charge is 2.31. The van der Waals surface area contributed by atoms with Crippen LogP contribution in [0.3, 0.4) is 0 Å². The molecule has 5 nitrogen and oxygen atoms in total. The van der Waals surface area contributed by atoms with Crippen molar-refractivity contribution in [1.82, 2.24) is 9.88 Å². The van der Waals surface area contributed by atoms with Crippen LogP contribution < -0.4 is 10.2 Å². The van der Waals surface area contributed by atoms with Gasteiger partial charge < -0.3 is 14.8 Å². The minimum Gasteiger partial charge on any atom is -0.347 e. The van der Waals surface area contributed by atoms with E-state index >= 15 is 0 Å². The van der Waals surface area contributed by atoms with Gasteiger partial charge in [-0.25, -0.2) is 4.39 Å². The molecule has 6 heteroatoms. The van der Waals surface area contributed by atoms with Crippen molar-refractivity contribution in [1.29, 1.82) is 0 Å². The third-order valence-electron chi connectivity index (χ3n) is 5.23. The number of nitrogens with one attached hydrogen (secondary N) is 1. The molecule has 1 aliphatic rings. The summed E-state index contributed by atoms with van der Waals surface area (Å²) < 4.78 is 15.7. The summed E-state index contributed by atoms with van der Waals surface area (Å²) in [5.74, 6) is -0.711. The van der Waals surface area contributed by atoms with Gasteiger partial charge in [-0.15, -0.1) is 0 Å². The Morgan fingerprint density at radius 3 is 2.75 bits per heavy atom. The zero-order chi connectivity index (χ0) is 19.8. The molecule has 1 fully saturated rings. The van der Waals surface area contributed by atoms with Crippen LogP contribution in [0.2, 0.25) is 0 Å². The van der Waals surface area contributed by atoms with Gasteiger partial charge in [0.25, 0.3) is 5.91 Å². The van der Waals surface area contributed by atoms with Crippen molar-refractivity contribution in [3.05, 3.63) is 65.1 Å². The van der Waals surface area contributed by atoms with E-state index in [-0.39, 0.29) is 11.8 Å². The quantitative estimate of drug-likeness (QED) is 0.752. The number of hydrogen-bond donors (Lipinski definition) is 1. The molecule has 1 saturated heterocycles. The maximum Gasteiger partial charge on any atom is 0.270 e. The van der Waals surface area contributed by atoms with Crippen molar-refractivity contribution in [2.45, 2.75) is 26.3 Å². The smallest absolute Gasteiger partial charge is 0.270 e. The number of benzene rings is 2. The lowest BCUT2D eigenvalue weighted by Gasteiger charge is -2.18. The summed E-state index contributed by atoms with van der Waals surface area (Å²) in [6, 6.07) is 12.3. The molecule has 0 spiro atoms. The van der Waals surface area contributed by atoms with Crippen LogP contribution in [-0.2, 0) is 18.4 Å². The van der Waals surface area contributed by atoms with E-state index in [0.717, 1.165) is 23.1 Å². The van der Waals surface area contributed by atoms with Gasteiger partial charge in [0.1, 0.15) is 11.5 Å². The van der Waals surface area contributed by atoms with Crippen molar-refractivity contribution < 1.29 is 14.0 Å². The number of hydrogen-bond acceptors (Lipinski definition) is 2. The van der Waals surface area contributed by atoms with Gasteiger partial charge in [-0.2, -0.15) is 0 Å². The molecule has 28 heavy (non-hydrogen) atoms. The van der Waals surface area contributed by atoms with E-state index in [1.54, 1.807) is 22.6 Å². The highest BCUT2D eigenvalue weighted by molar-refractivity contribution is 6.14. The zero-order valence-corrected chi connectivity index (χ0v) is 16.0. The van der Waals surface area contributed by atoms with Crippen LogP contribution in [0.1, 0.15) is 34.5 Å². The van der Waals surface area contributed by atoms with Gasteiger partial charge >= 0.3 is 0 Å². The number of anilines is 1. The molecule has 0 saturated carbocycles. The number of carbonyl (C=O) groups excluding carboxylic acids is 2. The summed E-state index contributed by atoms with van der Waals surface area (Å²) >= 11 is 0. The van der Waals surface area contributed by atoms with Gasteiger partial charge in [0.05, 0.1) is 11.2 Å². The number of nitrogens with zero attached hydrogens (tertiary/aromatic N) is 2. The topological polar surface area (TPSA) is 54.3 Å². The number of rotatable bonds is 4. The Bertz CT molecular complexity index is 1090. The first-order chi connectivity index (χ1) is 13.5. The first-order valence-electron chi connectivity index (χ1n) is 9.38. The SMILES string of the molecule is Cc1cccc(CNC(=O)c2c(N3CCCC3=O)c3cc(F)ccc3n2C)c1. The molecule has 2 heterocycles. The summed E-state index contributed by atoms with van der Waals surface area (Å²) in [5.41, 5.74) is 3.72. The van der Waals surface area contributed by atoms with Crippen molar-refractivity contribution in [2.75, 3.05) is 11.4 Å². The molecule has 3 aromatic rings. The molecular formula is C22H22FN3O2. The summed E-state index contributed by atoms with van der Waals surface area (Å²) in [6.07, 6.45) is 1.17. The Labute approximate surface area is 162 Å². The van der Waals surface area contributed by atoms with Gasteiger partial charge in [0.15, 0.2) is 0 Å². The number of aromatic nitrogens is 1. The second-order valence-corrected chi connectivity index (χ2v) is 7.24. The van der Waals surface area contributed by atoms with Crippen LogP contribution in [0.15, 0.2) is 42.5 Å². The van der Waals surface area contributed by atoms with Crippen molar-refractivity contribution in [3.63, 3.8) is 0 Å². The van der Waals surface area contributed by atoms with Crippen LogP contribution in [0.4, 0.5) is 10.1 Å². The first-order valence-corrected chi connectivity index (χ1v) is 9.38. The van der Waals surface area contributed by atoms with Crippen LogP contribution in [0, 0.1) is 12.7 Å². The summed E-state index contributed by atoms with van der Waals surface area (Å²) in [5, 5.41) is 3.53. The fraction of sp³-hybridized carbons (Fsp3) is 0.273. The number of halogens is 1. The third kappa shape index (κ3) is 3.15. The molecule has 1 N–H and O–H groups in total. The lowest BCUT2D eigenvalue weighted by atomic mass is 10.1. The fourth-order valence-corrected chi connectivity index (χ4v) is 3.90. The normalized spacial score (nSPS) is 14.1. The highest BCUT2D eigenvalue weighted by Crippen LogP contribution is 2.36. The Morgan fingerprint density at radius 2 is 2.04 bits per heavy atom. The lowest BCUT2D eigenvalue weighted by Crippen LogP contribution is -2.30. The molecule has 2 amide bonds. The lowest BCUT2D eigenvalue weighted by molar-refractivity contribution is -0.117. The number of amides is 2. The van der Waals surface area contributed by atoms with Crippen LogP contribution in [0.25, 0.3) is 10.9 Å². The highest BCUT2D eigenvalue weighted by atomic mass is 19.1. The Balaban J connectivity index is 1.75. The number of aryl methyl sites for hydroxylation is 2. The monoisotopic (exact) mass is 379 g/mol. The van der Waals surface area contributed by atoms with Crippen molar-refractivity contribution in [2.24, 2.45) is 7.05 Å². The van der Waals surface area contributed by atoms with E-state index in [1.807, 2.05) is 31.2 Å². The molecular weight excluding hydrogens is 357 g/mol. The molecule has 2 aromatic carbocycles. The van der Waals surface area contributed by atoms with Crippen molar-refractivity contribution >= 4 is 28.4 Å². The molecule has 0 aliphatic carbocycles. The predicted molar refractivity (Wildman–Crippen MR) is 107 cm³/mol. The molecule has 0 radical (unpaired) electrons. The van der Waals surface area contributed by atoms with E-state index in [1.165, 1.54) is 12.1 Å². The molecule has 4 rings (SSSR count). The second-order valence-electron chi connectivity index (χ2n) is 7.24. The van der Waals surface area contributed by atoms with Gasteiger partial charge in [-0.1, -0.05) is 29.8 Å².